The number of hydrogen-bond donors (Lipinski definition) is 2. The van der Waals surface area contributed by atoms with Crippen LogP contribution in [-0.2, 0) is 11.2 Å². The van der Waals surface area contributed by atoms with E-state index in [0.717, 1.165) is 32.2 Å². The molecular formula is C24H32N2O. The van der Waals surface area contributed by atoms with E-state index in [1.165, 1.54) is 24.0 Å². The van der Waals surface area contributed by atoms with Gasteiger partial charge in [-0.25, -0.2) is 0 Å². The standard InChI is InChI=1S/C24H32N2O/c25-23-15-16-26-24(23,17-19-7-3-1-4-8-19)18-27-22-13-11-21(12-14-22)20-9-5-2-6-10-20/h1-10,21-23,26H,11-18,25H2/t21-,22+,23-,24-/m1/s1/i/hD. The molecule has 3 heteroatoms. The van der Waals surface area contributed by atoms with Crippen molar-refractivity contribution in [3.8, 4) is 0 Å². The van der Waals surface area contributed by atoms with E-state index in [4.69, 9.17) is 11.9 Å². The Morgan fingerprint density at radius 3 is 2.26 bits per heavy atom. The number of nitrogens with two attached hydrogens (primary N) is 1. The Morgan fingerprint density at radius 1 is 0.963 bits per heavy atom. The number of rotatable bonds is 6. The van der Waals surface area contributed by atoms with Crippen LogP contribution in [0, 0.1) is 0 Å². The molecular weight excluding hydrogens is 332 g/mol. The van der Waals surface area contributed by atoms with Crippen molar-refractivity contribution >= 4 is 0 Å². The van der Waals surface area contributed by atoms with Gasteiger partial charge in [-0.15, -0.1) is 0 Å². The van der Waals surface area contributed by atoms with E-state index in [9.17, 15) is 0 Å². The number of hydrogen-bond acceptors (Lipinski definition) is 3. The molecule has 2 aliphatic rings. The Hall–Kier alpha value is -1.68. The highest BCUT2D eigenvalue weighted by Crippen LogP contribution is 2.35. The molecule has 0 unspecified atom stereocenters. The quantitative estimate of drug-likeness (QED) is 0.812. The molecule has 0 radical (unpaired) electrons. The van der Waals surface area contributed by atoms with Crippen LogP contribution in [0.25, 0.3) is 0 Å². The van der Waals surface area contributed by atoms with E-state index < -0.39 is 5.54 Å². The Labute approximate surface area is 164 Å². The summed E-state index contributed by atoms with van der Waals surface area (Å²) in [4.78, 5) is 0. The lowest BCUT2D eigenvalue weighted by molar-refractivity contribution is -0.0110. The summed E-state index contributed by atoms with van der Waals surface area (Å²) in [6.07, 6.45) is 6.46. The van der Waals surface area contributed by atoms with E-state index in [2.05, 4.69) is 54.6 Å². The maximum absolute atomic E-state index is 8.55. The van der Waals surface area contributed by atoms with E-state index in [1.807, 2.05) is 6.07 Å². The fourth-order valence-electron chi connectivity index (χ4n) is 4.70. The molecule has 2 fully saturated rings. The molecule has 1 saturated heterocycles. The fourth-order valence-corrected chi connectivity index (χ4v) is 4.70. The minimum Gasteiger partial charge on any atom is -0.376 e. The molecule has 1 heterocycles. The molecule has 0 spiro atoms. The van der Waals surface area contributed by atoms with Crippen LogP contribution < -0.4 is 11.0 Å². The average Bonchev–Trinajstić information content (AvgIpc) is 3.02. The largest absolute Gasteiger partial charge is 0.376 e. The number of nitrogens with one attached hydrogen (secondary N) is 1. The van der Waals surface area contributed by atoms with Gasteiger partial charge in [0, 0.05) is 6.04 Å². The van der Waals surface area contributed by atoms with Crippen molar-refractivity contribution in [3.63, 3.8) is 0 Å². The second-order valence-corrected chi connectivity index (χ2v) is 8.24. The summed E-state index contributed by atoms with van der Waals surface area (Å²) in [7, 11) is 0. The molecule has 1 saturated carbocycles. The summed E-state index contributed by atoms with van der Waals surface area (Å²) < 4.78 is 15.0. The van der Waals surface area contributed by atoms with Crippen LogP contribution in [0.1, 0.15) is 49.1 Å². The predicted octanol–water partition coefficient (Wildman–Crippen LogP) is 4.03. The van der Waals surface area contributed by atoms with Crippen LogP contribution in [0.4, 0.5) is 0 Å². The van der Waals surface area contributed by atoms with Gasteiger partial charge in [0.1, 0.15) is 1.41 Å². The first-order valence-corrected chi connectivity index (χ1v) is 10.4. The second kappa shape index (κ2) is 8.55. The van der Waals surface area contributed by atoms with Crippen LogP contribution in [-0.4, -0.2) is 30.8 Å². The predicted molar refractivity (Wildman–Crippen MR) is 111 cm³/mol. The Balaban J connectivity index is 1.37. The van der Waals surface area contributed by atoms with Crippen molar-refractivity contribution in [3.05, 3.63) is 71.8 Å². The third-order valence-corrected chi connectivity index (χ3v) is 6.42. The molecule has 3 N–H and O–H groups in total. The van der Waals surface area contributed by atoms with Gasteiger partial charge in [-0.05, 0) is 62.1 Å². The molecule has 1 aliphatic carbocycles. The smallest absolute Gasteiger partial charge is 0.123 e. The summed E-state index contributed by atoms with van der Waals surface area (Å²) >= 11 is 0. The lowest BCUT2D eigenvalue weighted by Crippen LogP contribution is -2.57. The van der Waals surface area contributed by atoms with E-state index in [0.29, 0.717) is 12.5 Å². The monoisotopic (exact) mass is 365 g/mol. The zero-order valence-corrected chi connectivity index (χ0v) is 16.1. The Morgan fingerprint density at radius 2 is 1.63 bits per heavy atom. The highest BCUT2D eigenvalue weighted by molar-refractivity contribution is 5.21. The van der Waals surface area contributed by atoms with Gasteiger partial charge in [0.2, 0.25) is 0 Å². The van der Waals surface area contributed by atoms with Gasteiger partial charge in [0.15, 0.2) is 0 Å². The molecule has 2 aromatic rings. The normalized spacial score (nSPS) is 32.3. The van der Waals surface area contributed by atoms with Crippen molar-refractivity contribution in [2.45, 2.75) is 62.1 Å². The van der Waals surface area contributed by atoms with Gasteiger partial charge in [-0.3, -0.25) is 0 Å². The molecule has 0 amide bonds. The maximum Gasteiger partial charge on any atom is 0.123 e. The van der Waals surface area contributed by atoms with Gasteiger partial charge in [-0.1, -0.05) is 60.7 Å². The van der Waals surface area contributed by atoms with Crippen LogP contribution in [0.5, 0.6) is 0 Å². The molecule has 27 heavy (non-hydrogen) atoms. The summed E-state index contributed by atoms with van der Waals surface area (Å²) in [5, 5.41) is 1.69. The van der Waals surface area contributed by atoms with Crippen molar-refractivity contribution in [1.29, 1.82) is 0 Å². The van der Waals surface area contributed by atoms with Gasteiger partial charge in [0.25, 0.3) is 0 Å². The summed E-state index contributed by atoms with van der Waals surface area (Å²) in [5.74, 6) is 0.653. The van der Waals surface area contributed by atoms with Crippen LogP contribution in [0.15, 0.2) is 60.7 Å². The van der Waals surface area contributed by atoms with Crippen molar-refractivity contribution < 1.29 is 6.15 Å². The van der Waals surface area contributed by atoms with E-state index >= 15 is 0 Å². The SMILES string of the molecule is [2H]N1CC[C@@H](N)[C@]1(CO[C@H]1CC[C@@H](c2ccccc2)CC1)Cc1ccccc1. The molecule has 3 nitrogen and oxygen atoms in total. The first-order valence-electron chi connectivity index (χ1n) is 10.8. The van der Waals surface area contributed by atoms with Gasteiger partial charge >= 0.3 is 0 Å². The minimum absolute atomic E-state index is 0.0223. The average molecular weight is 366 g/mol. The zero-order valence-electron chi connectivity index (χ0n) is 17.1. The van der Waals surface area contributed by atoms with Crippen molar-refractivity contribution in [2.24, 2.45) is 5.73 Å². The lowest BCUT2D eigenvalue weighted by atomic mass is 9.82. The van der Waals surface area contributed by atoms with E-state index in [-0.39, 0.29) is 12.1 Å². The number of benzene rings is 2. The topological polar surface area (TPSA) is 47.3 Å². The molecule has 2 aromatic carbocycles. The van der Waals surface area contributed by atoms with Gasteiger partial charge in [0.05, 0.1) is 18.2 Å². The van der Waals surface area contributed by atoms with Crippen molar-refractivity contribution in [2.75, 3.05) is 13.2 Å². The molecule has 1 aliphatic heterocycles. The van der Waals surface area contributed by atoms with Crippen LogP contribution in [0.3, 0.4) is 0 Å². The molecule has 4 rings (SSSR count). The zero-order chi connectivity index (χ0) is 19.4. The highest BCUT2D eigenvalue weighted by atomic mass is 16.5. The molecule has 144 valence electrons. The Kier molecular flexibility index (Phi) is 5.52. The van der Waals surface area contributed by atoms with Gasteiger partial charge < -0.3 is 15.8 Å². The minimum atomic E-state index is -0.419. The second-order valence-electron chi connectivity index (χ2n) is 8.24. The van der Waals surface area contributed by atoms with Crippen LogP contribution in [0.2, 0.25) is 1.41 Å². The molecule has 0 aromatic heterocycles. The number of ether oxygens (including phenoxy) is 1. The summed E-state index contributed by atoms with van der Waals surface area (Å²) in [6, 6.07) is 21.2. The third-order valence-electron chi connectivity index (χ3n) is 6.42. The van der Waals surface area contributed by atoms with Gasteiger partial charge in [-0.2, -0.15) is 0 Å². The lowest BCUT2D eigenvalue weighted by Gasteiger charge is -2.37. The summed E-state index contributed by atoms with van der Waals surface area (Å²) in [5.41, 5.74) is 8.79. The molecule has 0 bridgehead atoms. The highest BCUT2D eigenvalue weighted by Gasteiger charge is 2.41. The van der Waals surface area contributed by atoms with Crippen LogP contribution >= 0.6 is 0 Å². The first kappa shape index (κ1) is 17.4. The maximum atomic E-state index is 8.55. The third kappa shape index (κ3) is 4.43. The summed E-state index contributed by atoms with van der Waals surface area (Å²) in [6.45, 7) is 1.27. The Bertz CT molecular complexity index is 721. The van der Waals surface area contributed by atoms with Crippen molar-refractivity contribution in [1.82, 2.24) is 5.31 Å². The first-order chi connectivity index (χ1) is 13.7. The van der Waals surface area contributed by atoms with E-state index in [1.54, 1.807) is 5.31 Å². The fraction of sp³-hybridized carbons (Fsp3) is 0.500. The molecule has 2 atom stereocenters.